The van der Waals surface area contributed by atoms with Crippen LogP contribution in [0.5, 0.6) is 5.75 Å². The zero-order valence-corrected chi connectivity index (χ0v) is 16.8. The number of halogens is 5. The van der Waals surface area contributed by atoms with E-state index in [0.717, 1.165) is 40.8 Å². The third-order valence-electron chi connectivity index (χ3n) is 4.08. The van der Waals surface area contributed by atoms with E-state index in [2.05, 4.69) is 20.7 Å². The van der Waals surface area contributed by atoms with Crippen LogP contribution in [-0.4, -0.2) is 24.9 Å². The van der Waals surface area contributed by atoms with Crippen LogP contribution in [0.25, 0.3) is 0 Å². The molecule has 0 amide bonds. The van der Waals surface area contributed by atoms with Gasteiger partial charge < -0.3 is 4.74 Å². The zero-order valence-electron chi connectivity index (χ0n) is 14.4. The fraction of sp³-hybridized carbons (Fsp3) is 0.167. The molecule has 29 heavy (non-hydrogen) atoms. The van der Waals surface area contributed by atoms with Crippen molar-refractivity contribution >= 4 is 31.7 Å². The van der Waals surface area contributed by atoms with Gasteiger partial charge >= 0.3 is 6.36 Å². The van der Waals surface area contributed by atoms with E-state index in [-0.39, 0.29) is 27.1 Å². The van der Waals surface area contributed by atoms with Gasteiger partial charge in [-0.15, -0.1) is 13.2 Å². The van der Waals surface area contributed by atoms with Gasteiger partial charge in [0.1, 0.15) is 11.6 Å². The number of nitrogens with zero attached hydrogens (tertiary/aromatic N) is 1. The Morgan fingerprint density at radius 2 is 1.76 bits per heavy atom. The Balaban J connectivity index is 2.00. The van der Waals surface area contributed by atoms with E-state index in [9.17, 15) is 30.8 Å². The Kier molecular flexibility index (Phi) is 5.72. The van der Waals surface area contributed by atoms with Gasteiger partial charge in [-0.2, -0.15) is 0 Å². The lowest BCUT2D eigenvalue weighted by molar-refractivity contribution is -0.274. The van der Waals surface area contributed by atoms with Gasteiger partial charge in [-0.1, -0.05) is 12.1 Å². The predicted molar refractivity (Wildman–Crippen MR) is 97.8 cm³/mol. The predicted octanol–water partition coefficient (Wildman–Crippen LogP) is 4.71. The summed E-state index contributed by atoms with van der Waals surface area (Å²) < 4.78 is 81.6. The highest BCUT2D eigenvalue weighted by atomic mass is 79.9. The summed E-state index contributed by atoms with van der Waals surface area (Å²) in [4.78, 5) is 11.6. The summed E-state index contributed by atoms with van der Waals surface area (Å²) in [6, 6.07) is 6.65. The Labute approximate surface area is 171 Å². The van der Waals surface area contributed by atoms with Crippen molar-refractivity contribution < 1.29 is 35.5 Å². The van der Waals surface area contributed by atoms with Crippen LogP contribution in [-0.2, 0) is 14.8 Å². The quantitative estimate of drug-likeness (QED) is 0.578. The molecule has 0 fully saturated rings. The number of hydrogen-bond donors (Lipinski definition) is 0. The van der Waals surface area contributed by atoms with Gasteiger partial charge in [-0.25, -0.2) is 12.8 Å². The van der Waals surface area contributed by atoms with Gasteiger partial charge in [0.05, 0.1) is 15.4 Å². The summed E-state index contributed by atoms with van der Waals surface area (Å²) in [5.41, 5.74) is 0.239. The summed E-state index contributed by atoms with van der Waals surface area (Å²) in [5.74, 6) is -1.56. The number of carbonyl (C=O) groups excluding carboxylic acids is 1. The van der Waals surface area contributed by atoms with Gasteiger partial charge in [0.25, 0.3) is 10.0 Å². The SMILES string of the molecule is O=C1C=CN(S(=O)(=O)c2ccc(OC(F)(F)F)cc2)C(c2cccc(F)c2Br)C1. The summed E-state index contributed by atoms with van der Waals surface area (Å²) in [5, 5.41) is 0. The molecule has 2 aromatic rings. The number of rotatable bonds is 4. The van der Waals surface area contributed by atoms with E-state index in [4.69, 9.17) is 0 Å². The summed E-state index contributed by atoms with van der Waals surface area (Å²) in [6.45, 7) is 0. The number of ketones is 1. The van der Waals surface area contributed by atoms with Gasteiger partial charge in [-0.05, 0) is 57.9 Å². The van der Waals surface area contributed by atoms with Crippen LogP contribution < -0.4 is 4.74 Å². The van der Waals surface area contributed by atoms with Crippen molar-refractivity contribution in [2.45, 2.75) is 23.7 Å². The standard InChI is InChI=1S/C18H12BrF4NO4S/c19-17-14(2-1-3-15(17)20)16-10-11(25)8-9-24(16)29(26,27)13-6-4-12(5-7-13)28-18(21,22)23/h1-9,16H,10H2. The minimum absolute atomic E-state index is 0.0159. The molecule has 1 heterocycles. The minimum atomic E-state index is -4.91. The fourth-order valence-electron chi connectivity index (χ4n) is 2.82. The second-order valence-corrected chi connectivity index (χ2v) is 8.64. The second kappa shape index (κ2) is 7.79. The molecule has 1 atom stereocenters. The van der Waals surface area contributed by atoms with Gasteiger partial charge in [0.15, 0.2) is 5.78 Å². The molecule has 1 unspecified atom stereocenters. The Morgan fingerprint density at radius 1 is 1.10 bits per heavy atom. The summed E-state index contributed by atoms with van der Waals surface area (Å²) in [7, 11) is -4.26. The van der Waals surface area contributed by atoms with Crippen molar-refractivity contribution in [3.63, 3.8) is 0 Å². The largest absolute Gasteiger partial charge is 0.573 e. The Bertz CT molecular complexity index is 1070. The van der Waals surface area contributed by atoms with Crippen LogP contribution in [0.3, 0.4) is 0 Å². The van der Waals surface area contributed by atoms with E-state index >= 15 is 0 Å². The molecule has 0 N–H and O–H groups in total. The molecule has 3 rings (SSSR count). The first-order valence-corrected chi connectivity index (χ1v) is 10.3. The lowest BCUT2D eigenvalue weighted by atomic mass is 9.99. The first-order valence-electron chi connectivity index (χ1n) is 8.03. The van der Waals surface area contributed by atoms with E-state index in [1.54, 1.807) is 0 Å². The van der Waals surface area contributed by atoms with E-state index in [1.165, 1.54) is 18.2 Å². The smallest absolute Gasteiger partial charge is 0.406 e. The molecular weight excluding hydrogens is 482 g/mol. The molecule has 11 heteroatoms. The average Bonchev–Trinajstić information content (AvgIpc) is 2.63. The van der Waals surface area contributed by atoms with Crippen LogP contribution in [0.15, 0.2) is 64.1 Å². The van der Waals surface area contributed by atoms with Crippen LogP contribution in [0.4, 0.5) is 17.6 Å². The molecule has 5 nitrogen and oxygen atoms in total. The van der Waals surface area contributed by atoms with Crippen molar-refractivity contribution in [3.8, 4) is 5.75 Å². The number of alkyl halides is 3. The maximum Gasteiger partial charge on any atom is 0.573 e. The lowest BCUT2D eigenvalue weighted by Crippen LogP contribution is -2.34. The Morgan fingerprint density at radius 3 is 2.38 bits per heavy atom. The summed E-state index contributed by atoms with van der Waals surface area (Å²) in [6.07, 6.45) is -3.01. The first kappa shape index (κ1) is 21.3. The summed E-state index contributed by atoms with van der Waals surface area (Å²) >= 11 is 3.07. The highest BCUT2D eigenvalue weighted by Gasteiger charge is 2.35. The van der Waals surface area contributed by atoms with Crippen molar-refractivity contribution in [2.24, 2.45) is 0 Å². The Hall–Kier alpha value is -2.40. The number of ether oxygens (including phenoxy) is 1. The van der Waals surface area contributed by atoms with E-state index in [1.807, 2.05) is 0 Å². The van der Waals surface area contributed by atoms with Crippen molar-refractivity contribution in [2.75, 3.05) is 0 Å². The van der Waals surface area contributed by atoms with Crippen molar-refractivity contribution in [1.82, 2.24) is 4.31 Å². The maximum absolute atomic E-state index is 13.9. The second-order valence-electron chi connectivity index (χ2n) is 6.00. The van der Waals surface area contributed by atoms with Crippen LogP contribution >= 0.6 is 15.9 Å². The zero-order chi connectivity index (χ0) is 21.4. The third-order valence-corrected chi connectivity index (χ3v) is 6.72. The topological polar surface area (TPSA) is 63.7 Å². The monoisotopic (exact) mass is 493 g/mol. The van der Waals surface area contributed by atoms with Crippen LogP contribution in [0.1, 0.15) is 18.0 Å². The molecular formula is C18H12BrF4NO4S. The average molecular weight is 494 g/mol. The number of hydrogen-bond acceptors (Lipinski definition) is 4. The third kappa shape index (κ3) is 4.61. The fourth-order valence-corrected chi connectivity index (χ4v) is 4.81. The molecule has 0 radical (unpaired) electrons. The highest BCUT2D eigenvalue weighted by Crippen LogP contribution is 2.38. The molecule has 0 aliphatic carbocycles. The molecule has 1 aliphatic heterocycles. The number of carbonyl (C=O) groups is 1. The molecule has 0 spiro atoms. The van der Waals surface area contributed by atoms with Crippen molar-refractivity contribution in [1.29, 1.82) is 0 Å². The molecule has 0 saturated heterocycles. The van der Waals surface area contributed by atoms with E-state index in [0.29, 0.717) is 0 Å². The molecule has 2 aromatic carbocycles. The van der Waals surface area contributed by atoms with Gasteiger partial charge in [0.2, 0.25) is 0 Å². The van der Waals surface area contributed by atoms with Gasteiger partial charge in [0, 0.05) is 12.6 Å². The van der Waals surface area contributed by atoms with E-state index < -0.39 is 34.0 Å². The first-order chi connectivity index (χ1) is 13.5. The maximum atomic E-state index is 13.9. The normalized spacial score (nSPS) is 17.5. The molecule has 0 aromatic heterocycles. The number of sulfonamides is 1. The number of benzene rings is 2. The van der Waals surface area contributed by atoms with Crippen LogP contribution in [0, 0.1) is 5.82 Å². The molecule has 0 bridgehead atoms. The molecule has 0 saturated carbocycles. The number of allylic oxidation sites excluding steroid dienone is 1. The lowest BCUT2D eigenvalue weighted by Gasteiger charge is -2.32. The van der Waals surface area contributed by atoms with Gasteiger partial charge in [-0.3, -0.25) is 9.10 Å². The highest BCUT2D eigenvalue weighted by molar-refractivity contribution is 9.10. The molecule has 154 valence electrons. The molecule has 1 aliphatic rings. The minimum Gasteiger partial charge on any atom is -0.406 e. The van der Waals surface area contributed by atoms with Crippen LogP contribution in [0.2, 0.25) is 0 Å². The van der Waals surface area contributed by atoms with Crippen molar-refractivity contribution in [3.05, 3.63) is 70.6 Å².